The van der Waals surface area contributed by atoms with Gasteiger partial charge in [0.15, 0.2) is 0 Å². The Labute approximate surface area is 127 Å². The van der Waals surface area contributed by atoms with Crippen LogP contribution in [0.1, 0.15) is 32.4 Å². The van der Waals surface area contributed by atoms with E-state index in [4.69, 9.17) is 11.6 Å². The van der Waals surface area contributed by atoms with Crippen molar-refractivity contribution in [2.24, 2.45) is 0 Å². The van der Waals surface area contributed by atoms with Crippen LogP contribution in [-0.4, -0.2) is 18.8 Å². The molecule has 4 heteroatoms. The molecule has 3 rings (SSSR count). The van der Waals surface area contributed by atoms with E-state index in [0.717, 1.165) is 0 Å². The highest BCUT2D eigenvalue weighted by atomic mass is 35.5. The molecule has 4 atom stereocenters. The molecule has 106 valence electrons. The van der Waals surface area contributed by atoms with E-state index < -0.39 is 11.0 Å². The molecule has 0 aliphatic carbocycles. The highest BCUT2D eigenvalue weighted by Crippen LogP contribution is 2.50. The van der Waals surface area contributed by atoms with Gasteiger partial charge >= 0.3 is 0 Å². The number of benzene rings is 2. The molecule has 0 radical (unpaired) electrons. The molecule has 2 aromatic carbocycles. The maximum atomic E-state index is 12.5. The van der Waals surface area contributed by atoms with E-state index in [1.54, 1.807) is 0 Å². The van der Waals surface area contributed by atoms with Gasteiger partial charge in [-0.05, 0) is 37.1 Å². The van der Waals surface area contributed by atoms with E-state index in [1.165, 1.54) is 16.3 Å². The minimum Gasteiger partial charge on any atom is -0.242 e. The predicted octanol–water partition coefficient (Wildman–Crippen LogP) is 4.22. The van der Waals surface area contributed by atoms with E-state index in [9.17, 15) is 4.21 Å². The lowest BCUT2D eigenvalue weighted by atomic mass is 10.0. The third-order valence-electron chi connectivity index (χ3n) is 3.55. The van der Waals surface area contributed by atoms with Crippen LogP contribution in [0, 0.1) is 0 Å². The normalized spacial score (nSPS) is 27.5. The number of alkyl halides is 1. The van der Waals surface area contributed by atoms with Gasteiger partial charge in [0.05, 0.1) is 10.8 Å². The van der Waals surface area contributed by atoms with Crippen LogP contribution in [0.5, 0.6) is 0 Å². The number of nitrogens with zero attached hydrogens (tertiary/aromatic N) is 1. The molecule has 2 aromatic rings. The molecule has 1 fully saturated rings. The summed E-state index contributed by atoms with van der Waals surface area (Å²) in [6, 6.07) is 14.5. The van der Waals surface area contributed by atoms with Gasteiger partial charge in [-0.1, -0.05) is 42.5 Å². The zero-order valence-corrected chi connectivity index (χ0v) is 13.4. The van der Waals surface area contributed by atoms with Crippen molar-refractivity contribution in [1.82, 2.24) is 4.31 Å². The second kappa shape index (κ2) is 4.83. The zero-order valence-electron chi connectivity index (χ0n) is 11.8. The van der Waals surface area contributed by atoms with Crippen LogP contribution in [0.15, 0.2) is 42.5 Å². The molecule has 0 spiro atoms. The summed E-state index contributed by atoms with van der Waals surface area (Å²) >= 11 is 6.39. The Morgan fingerprint density at radius 2 is 1.75 bits per heavy atom. The number of hydrogen-bond donors (Lipinski definition) is 0. The summed E-state index contributed by atoms with van der Waals surface area (Å²) < 4.78 is 14.1. The van der Waals surface area contributed by atoms with Crippen molar-refractivity contribution in [1.29, 1.82) is 0 Å². The van der Waals surface area contributed by atoms with Gasteiger partial charge in [0, 0.05) is 0 Å². The highest BCUT2D eigenvalue weighted by molar-refractivity contribution is 7.84. The van der Waals surface area contributed by atoms with Crippen molar-refractivity contribution in [2.45, 2.75) is 37.1 Å². The minimum atomic E-state index is -1.08. The molecule has 0 saturated carbocycles. The third kappa shape index (κ3) is 2.28. The maximum Gasteiger partial charge on any atom is 0.118 e. The van der Waals surface area contributed by atoms with Crippen LogP contribution in [0.3, 0.4) is 0 Å². The predicted molar refractivity (Wildman–Crippen MR) is 86.1 cm³/mol. The second-order valence-electron chi connectivity index (χ2n) is 6.11. The summed E-state index contributed by atoms with van der Waals surface area (Å²) in [6.07, 6.45) is 0. The summed E-state index contributed by atoms with van der Waals surface area (Å²) in [5, 5.41) is 2.39. The fourth-order valence-corrected chi connectivity index (χ4v) is 4.40. The van der Waals surface area contributed by atoms with Gasteiger partial charge in [-0.2, -0.15) is 4.31 Å². The van der Waals surface area contributed by atoms with Gasteiger partial charge in [-0.25, -0.2) is 4.21 Å². The molecule has 0 N–H and O–H groups in total. The molecular weight excluding hydrogens is 290 g/mol. The molecule has 1 saturated heterocycles. The van der Waals surface area contributed by atoms with E-state index in [2.05, 4.69) is 24.3 Å². The summed E-state index contributed by atoms with van der Waals surface area (Å²) in [6.45, 7) is 5.93. The fourth-order valence-electron chi connectivity index (χ4n) is 2.49. The lowest BCUT2D eigenvalue weighted by Gasteiger charge is -2.18. The van der Waals surface area contributed by atoms with E-state index >= 15 is 0 Å². The molecule has 0 bridgehead atoms. The topological polar surface area (TPSA) is 20.1 Å². The van der Waals surface area contributed by atoms with Crippen LogP contribution in [0.25, 0.3) is 10.8 Å². The summed E-state index contributed by atoms with van der Waals surface area (Å²) in [5.41, 5.74) is 0.988. The molecule has 1 heterocycles. The molecule has 2 nitrogen and oxygen atoms in total. The zero-order chi connectivity index (χ0) is 14.5. The SMILES string of the molecule is CC(C)(C)[S@@](=O)N1[C@H](Cl)[C@@H]1c1cccc2ccccc12. The average molecular weight is 308 g/mol. The summed E-state index contributed by atoms with van der Waals surface area (Å²) in [4.78, 5) is 0. The van der Waals surface area contributed by atoms with E-state index in [1.807, 2.05) is 43.3 Å². The van der Waals surface area contributed by atoms with Gasteiger partial charge in [-0.3, -0.25) is 0 Å². The number of hydrogen-bond acceptors (Lipinski definition) is 1. The Morgan fingerprint density at radius 3 is 2.45 bits per heavy atom. The number of fused-ring (bicyclic) bond motifs is 1. The number of rotatable bonds is 2. The van der Waals surface area contributed by atoms with E-state index in [-0.39, 0.29) is 16.3 Å². The Hall–Kier alpha value is -0.900. The van der Waals surface area contributed by atoms with Crippen molar-refractivity contribution in [3.63, 3.8) is 0 Å². The molecular formula is C16H18ClNOS. The van der Waals surface area contributed by atoms with Gasteiger partial charge < -0.3 is 0 Å². The van der Waals surface area contributed by atoms with Gasteiger partial charge in [0.2, 0.25) is 0 Å². The maximum absolute atomic E-state index is 12.5. The third-order valence-corrected chi connectivity index (χ3v) is 6.00. The van der Waals surface area contributed by atoms with Gasteiger partial charge in [0.1, 0.15) is 16.5 Å². The first-order chi connectivity index (χ1) is 9.41. The Balaban J connectivity index is 2.00. The van der Waals surface area contributed by atoms with Crippen LogP contribution in [-0.2, 0) is 11.0 Å². The average Bonchev–Trinajstić information content (AvgIpc) is 3.07. The standard InChI is InChI=1S/C16H18ClNOS/c1-16(2,3)20(19)18-14(15(18)17)13-10-6-8-11-7-4-5-9-12(11)13/h4-10,14-15H,1-3H3/t14-,15-,18?,20+/m0/s1. The van der Waals surface area contributed by atoms with Crippen LogP contribution < -0.4 is 0 Å². The lowest BCUT2D eigenvalue weighted by Crippen LogP contribution is -2.27. The summed E-state index contributed by atoms with van der Waals surface area (Å²) in [5.74, 6) is 0. The lowest BCUT2D eigenvalue weighted by molar-refractivity contribution is 0.606. The minimum absolute atomic E-state index is 0.0443. The van der Waals surface area contributed by atoms with E-state index in [0.29, 0.717) is 0 Å². The first-order valence-corrected chi connectivity index (χ1v) is 8.27. The van der Waals surface area contributed by atoms with Crippen molar-refractivity contribution >= 4 is 33.4 Å². The highest BCUT2D eigenvalue weighted by Gasteiger charge is 2.54. The first-order valence-electron chi connectivity index (χ1n) is 6.73. The second-order valence-corrected chi connectivity index (χ2v) is 8.70. The quantitative estimate of drug-likeness (QED) is 0.462. The van der Waals surface area contributed by atoms with Crippen LogP contribution in [0.2, 0.25) is 0 Å². The van der Waals surface area contributed by atoms with Crippen molar-refractivity contribution in [2.75, 3.05) is 0 Å². The molecule has 1 aliphatic rings. The van der Waals surface area contributed by atoms with Crippen LogP contribution in [0.4, 0.5) is 0 Å². The molecule has 1 unspecified atom stereocenters. The first kappa shape index (κ1) is 14.1. The van der Waals surface area contributed by atoms with Crippen molar-refractivity contribution in [3.8, 4) is 0 Å². The Bertz CT molecular complexity index is 674. The molecule has 20 heavy (non-hydrogen) atoms. The van der Waals surface area contributed by atoms with Crippen LogP contribution >= 0.6 is 11.6 Å². The number of halogens is 1. The molecule has 1 aliphatic heterocycles. The Kier molecular flexibility index (Phi) is 3.39. The fraction of sp³-hybridized carbons (Fsp3) is 0.375. The Morgan fingerprint density at radius 1 is 1.10 bits per heavy atom. The summed E-state index contributed by atoms with van der Waals surface area (Å²) in [7, 11) is -1.08. The van der Waals surface area contributed by atoms with Crippen molar-refractivity contribution < 1.29 is 4.21 Å². The smallest absolute Gasteiger partial charge is 0.118 e. The molecule has 0 aromatic heterocycles. The largest absolute Gasteiger partial charge is 0.242 e. The van der Waals surface area contributed by atoms with Gasteiger partial charge in [-0.15, -0.1) is 11.6 Å². The monoisotopic (exact) mass is 307 g/mol. The van der Waals surface area contributed by atoms with Crippen molar-refractivity contribution in [3.05, 3.63) is 48.0 Å². The molecule has 0 amide bonds. The van der Waals surface area contributed by atoms with Gasteiger partial charge in [0.25, 0.3) is 0 Å².